The highest BCUT2D eigenvalue weighted by Gasteiger charge is 2.40. The molecule has 2 atom stereocenters. The molecular weight excluding hydrogens is 384 g/mol. The average Bonchev–Trinajstić information content (AvgIpc) is 3.31. The summed E-state index contributed by atoms with van der Waals surface area (Å²) in [7, 11) is 1.63. The van der Waals surface area contributed by atoms with E-state index in [1.165, 1.54) is 4.90 Å². The molecule has 0 radical (unpaired) electrons. The average molecular weight is 415 g/mol. The number of ether oxygens (including phenoxy) is 3. The number of nitrogens with zero attached hydrogens (tertiary/aromatic N) is 2. The lowest BCUT2D eigenvalue weighted by atomic mass is 9.81. The van der Waals surface area contributed by atoms with E-state index < -0.39 is 17.6 Å². The summed E-state index contributed by atoms with van der Waals surface area (Å²) >= 11 is 0. The fourth-order valence-corrected chi connectivity index (χ4v) is 4.07. The van der Waals surface area contributed by atoms with E-state index in [4.69, 9.17) is 14.2 Å². The predicted octanol–water partition coefficient (Wildman–Crippen LogP) is 3.47. The maximum atomic E-state index is 12.8. The zero-order chi connectivity index (χ0) is 21.6. The molecule has 1 aromatic carbocycles. The number of hydrogen-bond donors (Lipinski definition) is 0. The molecule has 0 aromatic heterocycles. The van der Waals surface area contributed by atoms with Crippen molar-refractivity contribution in [1.29, 1.82) is 5.26 Å². The Labute approximate surface area is 177 Å². The fourth-order valence-electron chi connectivity index (χ4n) is 4.07. The highest BCUT2D eigenvalue weighted by atomic mass is 16.5. The minimum absolute atomic E-state index is 0.124. The number of likely N-dealkylation sites (N-methyl/N-ethyl adjacent to an activating group) is 1. The van der Waals surface area contributed by atoms with Crippen LogP contribution in [0.5, 0.6) is 5.75 Å². The van der Waals surface area contributed by atoms with Crippen molar-refractivity contribution in [2.75, 3.05) is 20.3 Å². The van der Waals surface area contributed by atoms with E-state index in [1.54, 1.807) is 38.2 Å². The lowest BCUT2D eigenvalue weighted by molar-refractivity contribution is -0.143. The minimum atomic E-state index is -0.968. The van der Waals surface area contributed by atoms with E-state index in [2.05, 4.69) is 6.07 Å². The Hall–Kier alpha value is -2.59. The van der Waals surface area contributed by atoms with Crippen LogP contribution in [-0.4, -0.2) is 54.8 Å². The molecule has 1 saturated carbocycles. The van der Waals surface area contributed by atoms with Crippen LogP contribution in [0.2, 0.25) is 0 Å². The van der Waals surface area contributed by atoms with Gasteiger partial charge in [-0.1, -0.05) is 19.3 Å². The molecule has 0 unspecified atom stereocenters. The number of amides is 1. The summed E-state index contributed by atoms with van der Waals surface area (Å²) in [6.07, 6.45) is 5.42. The quantitative estimate of drug-likeness (QED) is 0.635. The molecular formula is C23H30N2O5. The second kappa shape index (κ2) is 9.94. The van der Waals surface area contributed by atoms with Crippen LogP contribution in [0.3, 0.4) is 0 Å². The molecule has 0 bridgehead atoms. The first-order chi connectivity index (χ1) is 14.4. The molecule has 0 N–H and O–H groups in total. The van der Waals surface area contributed by atoms with Crippen molar-refractivity contribution < 1.29 is 23.8 Å². The van der Waals surface area contributed by atoms with Gasteiger partial charge in [-0.15, -0.1) is 0 Å². The summed E-state index contributed by atoms with van der Waals surface area (Å²) in [5.41, 5.74) is -0.465. The van der Waals surface area contributed by atoms with Gasteiger partial charge in [0.2, 0.25) is 0 Å². The van der Waals surface area contributed by atoms with Crippen molar-refractivity contribution in [3.63, 3.8) is 0 Å². The predicted molar refractivity (Wildman–Crippen MR) is 110 cm³/mol. The summed E-state index contributed by atoms with van der Waals surface area (Å²) in [6.45, 7) is 2.81. The van der Waals surface area contributed by atoms with Crippen LogP contribution in [-0.2, 0) is 14.3 Å². The van der Waals surface area contributed by atoms with Gasteiger partial charge in [-0.2, -0.15) is 5.26 Å². The largest absolute Gasteiger partial charge is 0.491 e. The number of rotatable bonds is 7. The first-order valence-corrected chi connectivity index (χ1v) is 10.7. The molecule has 0 spiro atoms. The number of nitriles is 1. The van der Waals surface area contributed by atoms with E-state index in [9.17, 15) is 14.9 Å². The third-order valence-electron chi connectivity index (χ3n) is 6.04. The van der Waals surface area contributed by atoms with Crippen molar-refractivity contribution in [2.24, 2.45) is 0 Å². The first-order valence-electron chi connectivity index (χ1n) is 10.7. The van der Waals surface area contributed by atoms with Gasteiger partial charge in [0.25, 0.3) is 5.91 Å². The van der Waals surface area contributed by atoms with E-state index >= 15 is 0 Å². The second-order valence-corrected chi connectivity index (χ2v) is 8.12. The van der Waals surface area contributed by atoms with Gasteiger partial charge in [0, 0.05) is 13.7 Å². The Bertz CT molecular complexity index is 774. The summed E-state index contributed by atoms with van der Waals surface area (Å²) in [5, 5.41) is 9.67. The van der Waals surface area contributed by atoms with Gasteiger partial charge in [-0.3, -0.25) is 4.79 Å². The SMILES string of the molecule is C[C@@H](OC(=O)c1ccc(OC[C@H]2CCCO2)cc1)C(=O)N(C)C1(C#N)CCCCC1. The van der Waals surface area contributed by atoms with Crippen molar-refractivity contribution in [3.05, 3.63) is 29.8 Å². The number of carbonyl (C=O) groups is 2. The third-order valence-corrected chi connectivity index (χ3v) is 6.04. The molecule has 1 saturated heterocycles. The maximum Gasteiger partial charge on any atom is 0.338 e. The van der Waals surface area contributed by atoms with Gasteiger partial charge in [-0.25, -0.2) is 4.79 Å². The van der Waals surface area contributed by atoms with Crippen molar-refractivity contribution >= 4 is 11.9 Å². The van der Waals surface area contributed by atoms with E-state index in [-0.39, 0.29) is 12.0 Å². The van der Waals surface area contributed by atoms with Crippen LogP contribution < -0.4 is 4.74 Å². The van der Waals surface area contributed by atoms with Crippen LogP contribution in [0.15, 0.2) is 24.3 Å². The van der Waals surface area contributed by atoms with Crippen molar-refractivity contribution in [2.45, 2.75) is 69.6 Å². The molecule has 7 nitrogen and oxygen atoms in total. The molecule has 7 heteroatoms. The lowest BCUT2D eigenvalue weighted by Gasteiger charge is -2.39. The zero-order valence-electron chi connectivity index (χ0n) is 17.8. The zero-order valence-corrected chi connectivity index (χ0v) is 17.8. The fraction of sp³-hybridized carbons (Fsp3) is 0.609. The van der Waals surface area contributed by atoms with Crippen LogP contribution in [0.1, 0.15) is 62.2 Å². The summed E-state index contributed by atoms with van der Waals surface area (Å²) in [6, 6.07) is 8.96. The molecule has 1 heterocycles. The van der Waals surface area contributed by atoms with Gasteiger partial charge >= 0.3 is 5.97 Å². The smallest absolute Gasteiger partial charge is 0.338 e. The molecule has 1 aliphatic carbocycles. The molecule has 30 heavy (non-hydrogen) atoms. The molecule has 3 rings (SSSR count). The summed E-state index contributed by atoms with van der Waals surface area (Å²) in [4.78, 5) is 26.7. The highest BCUT2D eigenvalue weighted by molar-refractivity contribution is 5.92. The second-order valence-electron chi connectivity index (χ2n) is 8.12. The third kappa shape index (κ3) is 5.11. The van der Waals surface area contributed by atoms with Gasteiger partial charge in [0.1, 0.15) is 17.9 Å². The van der Waals surface area contributed by atoms with Crippen LogP contribution in [0, 0.1) is 11.3 Å². The number of hydrogen-bond acceptors (Lipinski definition) is 6. The van der Waals surface area contributed by atoms with E-state index in [1.807, 2.05) is 0 Å². The monoisotopic (exact) mass is 414 g/mol. The maximum absolute atomic E-state index is 12.8. The van der Waals surface area contributed by atoms with E-state index in [0.717, 1.165) is 38.7 Å². The van der Waals surface area contributed by atoms with Gasteiger partial charge in [0.05, 0.1) is 17.7 Å². The minimum Gasteiger partial charge on any atom is -0.491 e. The van der Waals surface area contributed by atoms with Gasteiger partial charge < -0.3 is 19.1 Å². The normalized spacial score (nSPS) is 21.3. The molecule has 1 aromatic rings. The van der Waals surface area contributed by atoms with Gasteiger partial charge in [0.15, 0.2) is 6.10 Å². The Morgan fingerprint density at radius 1 is 1.23 bits per heavy atom. The number of carbonyl (C=O) groups excluding carboxylic acids is 2. The Balaban J connectivity index is 1.54. The Morgan fingerprint density at radius 2 is 1.93 bits per heavy atom. The standard InChI is InChI=1S/C23H30N2O5/c1-17(21(26)25(2)23(16-24)12-4-3-5-13-23)30-22(27)18-8-10-19(11-9-18)29-15-20-7-6-14-28-20/h8-11,17,20H,3-7,12-15H2,1-2H3/t17-,20-/m1/s1. The topological polar surface area (TPSA) is 88.9 Å². The highest BCUT2D eigenvalue weighted by Crippen LogP contribution is 2.33. The van der Waals surface area contributed by atoms with Crippen LogP contribution >= 0.6 is 0 Å². The molecule has 1 aliphatic heterocycles. The molecule has 2 aliphatic rings. The van der Waals surface area contributed by atoms with Gasteiger partial charge in [-0.05, 0) is 56.9 Å². The molecule has 2 fully saturated rings. The lowest BCUT2D eigenvalue weighted by Crippen LogP contribution is -2.53. The van der Waals surface area contributed by atoms with Crippen molar-refractivity contribution in [3.8, 4) is 11.8 Å². The summed E-state index contributed by atoms with van der Waals surface area (Å²) < 4.78 is 16.6. The number of benzene rings is 1. The molecule has 162 valence electrons. The first kappa shape index (κ1) is 22.1. The van der Waals surface area contributed by atoms with E-state index in [0.29, 0.717) is 30.8 Å². The molecule has 1 amide bonds. The van der Waals surface area contributed by atoms with Crippen LogP contribution in [0.4, 0.5) is 0 Å². The Morgan fingerprint density at radius 3 is 2.53 bits per heavy atom. The van der Waals surface area contributed by atoms with Crippen molar-refractivity contribution in [1.82, 2.24) is 4.90 Å². The summed E-state index contributed by atoms with van der Waals surface area (Å²) in [5.74, 6) is -0.285. The van der Waals surface area contributed by atoms with Crippen LogP contribution in [0.25, 0.3) is 0 Å². The number of esters is 1. The Kier molecular flexibility index (Phi) is 7.33.